The molecule has 1 heterocycles. The van der Waals surface area contributed by atoms with Crippen molar-refractivity contribution in [3.63, 3.8) is 0 Å². The molecule has 0 bridgehead atoms. The molecule has 3 heteroatoms. The Hall–Kier alpha value is -1.09. The molecule has 2 aromatic rings. The standard InChI is InChI=1S/C14H18N2S/c1-9-5-3-8-12-13(9)16(14(17)15-12)10(2)11-6-4-7-11/h3,5,8,10-11H,4,6-7H2,1-2H3,(H,15,17). The Morgan fingerprint density at radius 2 is 2.18 bits per heavy atom. The van der Waals surface area contributed by atoms with Crippen LogP contribution in [0.1, 0.15) is 37.8 Å². The maximum Gasteiger partial charge on any atom is 0.178 e. The fourth-order valence-corrected chi connectivity index (χ4v) is 3.25. The molecule has 1 saturated carbocycles. The van der Waals surface area contributed by atoms with Gasteiger partial charge in [0.15, 0.2) is 4.77 Å². The first-order valence-electron chi connectivity index (χ1n) is 6.38. The lowest BCUT2D eigenvalue weighted by atomic mass is 9.80. The molecule has 1 fully saturated rings. The first-order valence-corrected chi connectivity index (χ1v) is 6.79. The summed E-state index contributed by atoms with van der Waals surface area (Å²) < 4.78 is 3.19. The van der Waals surface area contributed by atoms with Gasteiger partial charge in [-0.2, -0.15) is 0 Å². The van der Waals surface area contributed by atoms with Crippen LogP contribution in [0.15, 0.2) is 18.2 Å². The van der Waals surface area contributed by atoms with Crippen molar-refractivity contribution in [3.05, 3.63) is 28.5 Å². The van der Waals surface area contributed by atoms with Gasteiger partial charge in [-0.3, -0.25) is 0 Å². The Labute approximate surface area is 107 Å². The summed E-state index contributed by atoms with van der Waals surface area (Å²) in [6.07, 6.45) is 4.08. The minimum absolute atomic E-state index is 0.520. The highest BCUT2D eigenvalue weighted by Gasteiger charge is 2.26. The Balaban J connectivity index is 2.20. The second-order valence-electron chi connectivity index (χ2n) is 5.20. The third-order valence-corrected chi connectivity index (χ3v) is 4.48. The molecular weight excluding hydrogens is 228 g/mol. The fraction of sp³-hybridized carbons (Fsp3) is 0.500. The van der Waals surface area contributed by atoms with Crippen molar-refractivity contribution < 1.29 is 0 Å². The van der Waals surface area contributed by atoms with Gasteiger partial charge in [-0.1, -0.05) is 18.6 Å². The van der Waals surface area contributed by atoms with Gasteiger partial charge < -0.3 is 9.55 Å². The minimum Gasteiger partial charge on any atom is -0.331 e. The number of aromatic amines is 1. The van der Waals surface area contributed by atoms with E-state index in [9.17, 15) is 0 Å². The van der Waals surface area contributed by atoms with Crippen LogP contribution in [0.5, 0.6) is 0 Å². The predicted molar refractivity (Wildman–Crippen MR) is 73.9 cm³/mol. The first kappa shape index (κ1) is 11.0. The maximum atomic E-state index is 5.49. The molecule has 1 aromatic carbocycles. The number of imidazole rings is 1. The van der Waals surface area contributed by atoms with Gasteiger partial charge in [-0.05, 0) is 56.5 Å². The van der Waals surface area contributed by atoms with Crippen LogP contribution in [-0.2, 0) is 0 Å². The molecule has 1 aliphatic rings. The Morgan fingerprint density at radius 1 is 1.41 bits per heavy atom. The monoisotopic (exact) mass is 246 g/mol. The van der Waals surface area contributed by atoms with Crippen molar-refractivity contribution in [2.75, 3.05) is 0 Å². The van der Waals surface area contributed by atoms with E-state index in [0.717, 1.165) is 10.7 Å². The Kier molecular flexibility index (Phi) is 2.58. The SMILES string of the molecule is Cc1cccc2[nH]c(=S)n(C(C)C3CCC3)c12. The largest absolute Gasteiger partial charge is 0.331 e. The Bertz CT molecular complexity index is 604. The smallest absolute Gasteiger partial charge is 0.178 e. The number of H-pyrrole nitrogens is 1. The molecule has 90 valence electrons. The fourth-order valence-electron chi connectivity index (χ4n) is 2.88. The highest BCUT2D eigenvalue weighted by molar-refractivity contribution is 7.71. The van der Waals surface area contributed by atoms with Gasteiger partial charge in [-0.15, -0.1) is 0 Å². The summed E-state index contributed by atoms with van der Waals surface area (Å²) in [4.78, 5) is 3.33. The van der Waals surface area contributed by atoms with Crippen LogP contribution in [0.2, 0.25) is 0 Å². The lowest BCUT2D eigenvalue weighted by molar-refractivity contribution is 0.224. The average molecular weight is 246 g/mol. The van der Waals surface area contributed by atoms with Gasteiger partial charge in [0.2, 0.25) is 0 Å². The van der Waals surface area contributed by atoms with E-state index >= 15 is 0 Å². The van der Waals surface area contributed by atoms with E-state index in [2.05, 4.69) is 41.6 Å². The van der Waals surface area contributed by atoms with Crippen molar-refractivity contribution in [1.82, 2.24) is 9.55 Å². The highest BCUT2D eigenvalue weighted by atomic mass is 32.1. The summed E-state index contributed by atoms with van der Waals surface area (Å²) >= 11 is 5.49. The van der Waals surface area contributed by atoms with Crippen LogP contribution in [0.4, 0.5) is 0 Å². The maximum absolute atomic E-state index is 5.49. The van der Waals surface area contributed by atoms with E-state index in [1.807, 2.05) is 0 Å². The third kappa shape index (κ3) is 1.64. The zero-order valence-corrected chi connectivity index (χ0v) is 11.2. The van der Waals surface area contributed by atoms with E-state index in [4.69, 9.17) is 12.2 Å². The molecule has 1 N–H and O–H groups in total. The van der Waals surface area contributed by atoms with E-state index in [1.54, 1.807) is 0 Å². The summed E-state index contributed by atoms with van der Waals surface area (Å²) in [5.41, 5.74) is 3.76. The number of benzene rings is 1. The average Bonchev–Trinajstić information content (AvgIpc) is 2.53. The predicted octanol–water partition coefficient (Wildman–Crippen LogP) is 4.37. The molecule has 0 spiro atoms. The summed E-state index contributed by atoms with van der Waals surface area (Å²) in [7, 11) is 0. The first-order chi connectivity index (χ1) is 8.18. The van der Waals surface area contributed by atoms with Crippen LogP contribution in [0.25, 0.3) is 11.0 Å². The number of nitrogens with one attached hydrogen (secondary N) is 1. The summed E-state index contributed by atoms with van der Waals surface area (Å²) in [6.45, 7) is 4.47. The van der Waals surface area contributed by atoms with Crippen LogP contribution >= 0.6 is 12.2 Å². The van der Waals surface area contributed by atoms with E-state index < -0.39 is 0 Å². The molecule has 0 aliphatic heterocycles. The molecule has 17 heavy (non-hydrogen) atoms. The lowest BCUT2D eigenvalue weighted by Crippen LogP contribution is -2.23. The van der Waals surface area contributed by atoms with Gasteiger partial charge in [0.05, 0.1) is 11.0 Å². The molecule has 1 atom stereocenters. The molecule has 2 nitrogen and oxygen atoms in total. The normalized spacial score (nSPS) is 18.2. The van der Waals surface area contributed by atoms with E-state index in [0.29, 0.717) is 6.04 Å². The lowest BCUT2D eigenvalue weighted by Gasteiger charge is -2.32. The number of hydrogen-bond acceptors (Lipinski definition) is 1. The van der Waals surface area contributed by atoms with Gasteiger partial charge in [0.1, 0.15) is 0 Å². The minimum atomic E-state index is 0.520. The van der Waals surface area contributed by atoms with E-state index in [-0.39, 0.29) is 0 Å². The van der Waals surface area contributed by atoms with Gasteiger partial charge >= 0.3 is 0 Å². The second-order valence-corrected chi connectivity index (χ2v) is 5.59. The number of fused-ring (bicyclic) bond motifs is 1. The number of aryl methyl sites for hydroxylation is 1. The second kappa shape index (κ2) is 3.98. The number of rotatable bonds is 2. The van der Waals surface area contributed by atoms with Crippen LogP contribution in [0, 0.1) is 17.6 Å². The van der Waals surface area contributed by atoms with Crippen molar-refractivity contribution in [2.24, 2.45) is 5.92 Å². The van der Waals surface area contributed by atoms with Crippen LogP contribution in [0.3, 0.4) is 0 Å². The van der Waals surface area contributed by atoms with Crippen LogP contribution in [-0.4, -0.2) is 9.55 Å². The number of para-hydroxylation sites is 1. The third-order valence-electron chi connectivity index (χ3n) is 4.18. The number of nitrogens with zero attached hydrogens (tertiary/aromatic N) is 1. The van der Waals surface area contributed by atoms with Crippen molar-refractivity contribution in [3.8, 4) is 0 Å². The molecule has 1 unspecified atom stereocenters. The molecule has 3 rings (SSSR count). The van der Waals surface area contributed by atoms with E-state index in [1.165, 1.54) is 35.9 Å². The van der Waals surface area contributed by atoms with Gasteiger partial charge in [0, 0.05) is 6.04 Å². The Morgan fingerprint density at radius 3 is 2.82 bits per heavy atom. The summed E-state index contributed by atoms with van der Waals surface area (Å²) in [5, 5.41) is 0. The molecule has 0 radical (unpaired) electrons. The highest BCUT2D eigenvalue weighted by Crippen LogP contribution is 2.38. The van der Waals surface area contributed by atoms with Crippen molar-refractivity contribution >= 4 is 23.3 Å². The number of hydrogen-bond donors (Lipinski definition) is 1. The van der Waals surface area contributed by atoms with Gasteiger partial charge in [0.25, 0.3) is 0 Å². The van der Waals surface area contributed by atoms with Gasteiger partial charge in [-0.25, -0.2) is 0 Å². The zero-order chi connectivity index (χ0) is 12.0. The molecular formula is C14H18N2S. The van der Waals surface area contributed by atoms with Crippen molar-refractivity contribution in [2.45, 2.75) is 39.2 Å². The molecule has 1 aromatic heterocycles. The summed E-state index contributed by atoms with van der Waals surface area (Å²) in [6, 6.07) is 6.88. The topological polar surface area (TPSA) is 20.7 Å². The quantitative estimate of drug-likeness (QED) is 0.780. The van der Waals surface area contributed by atoms with Crippen molar-refractivity contribution in [1.29, 1.82) is 0 Å². The molecule has 0 amide bonds. The molecule has 0 saturated heterocycles. The number of aromatic nitrogens is 2. The molecule has 1 aliphatic carbocycles. The zero-order valence-electron chi connectivity index (χ0n) is 10.4. The van der Waals surface area contributed by atoms with Crippen LogP contribution < -0.4 is 0 Å². The summed E-state index contributed by atoms with van der Waals surface area (Å²) in [5.74, 6) is 0.806.